The first kappa shape index (κ1) is 33.4. The van der Waals surface area contributed by atoms with Crippen molar-refractivity contribution in [2.75, 3.05) is 19.7 Å². The maximum Gasteiger partial charge on any atom is 0.249 e. The molecule has 1 aliphatic carbocycles. The van der Waals surface area contributed by atoms with Crippen LogP contribution in [0.25, 0.3) is 0 Å². The van der Waals surface area contributed by atoms with Gasteiger partial charge in [-0.15, -0.1) is 0 Å². The van der Waals surface area contributed by atoms with Crippen molar-refractivity contribution in [1.29, 1.82) is 0 Å². The molecule has 17 N–H and O–H groups in total. The Morgan fingerprint density at radius 3 is 2.20 bits per heavy atom. The van der Waals surface area contributed by atoms with Gasteiger partial charge in [-0.25, -0.2) is 0 Å². The molecule has 2 saturated heterocycles. The summed E-state index contributed by atoms with van der Waals surface area (Å²) in [5, 5.41) is 65.7. The first-order valence-corrected chi connectivity index (χ1v) is 13.5. The maximum absolute atomic E-state index is 12.7. The number of nitrogens with two attached hydrogens (primary N) is 5. The van der Waals surface area contributed by atoms with Crippen molar-refractivity contribution in [3.8, 4) is 0 Å². The number of ether oxygens (including phenoxy) is 4. The minimum Gasteiger partial charge on any atom is -0.394 e. The monoisotopic (exact) mass is 582 g/mol. The molecule has 3 fully saturated rings. The third-order valence-corrected chi connectivity index (χ3v) is 7.74. The number of aliphatic hydroxyl groups is 6. The zero-order valence-electron chi connectivity index (χ0n) is 22.2. The van der Waals surface area contributed by atoms with Gasteiger partial charge in [0.1, 0.15) is 42.7 Å². The molecule has 40 heavy (non-hydrogen) atoms. The van der Waals surface area contributed by atoms with Crippen LogP contribution in [0.3, 0.4) is 0 Å². The Morgan fingerprint density at radius 2 is 1.57 bits per heavy atom. The summed E-state index contributed by atoms with van der Waals surface area (Å²) in [7, 11) is 0. The smallest absolute Gasteiger partial charge is 0.249 e. The van der Waals surface area contributed by atoms with Gasteiger partial charge in [-0.3, -0.25) is 4.79 Å². The van der Waals surface area contributed by atoms with Crippen LogP contribution in [0.2, 0.25) is 0 Å². The van der Waals surface area contributed by atoms with E-state index in [0.29, 0.717) is 19.3 Å². The molecule has 17 heteroatoms. The quantitative estimate of drug-likeness (QED) is 0.108. The van der Waals surface area contributed by atoms with E-state index in [2.05, 4.69) is 5.32 Å². The Bertz CT molecular complexity index is 802. The third-order valence-electron chi connectivity index (χ3n) is 7.74. The van der Waals surface area contributed by atoms with E-state index in [1.807, 2.05) is 0 Å². The fourth-order valence-electron chi connectivity index (χ4n) is 5.18. The van der Waals surface area contributed by atoms with Crippen molar-refractivity contribution in [2.45, 2.75) is 117 Å². The van der Waals surface area contributed by atoms with Gasteiger partial charge < -0.3 is 83.6 Å². The number of aliphatic hydroxyl groups excluding tert-OH is 6. The molecule has 0 aromatic heterocycles. The standard InChI is InChI=1S/C23H46N6O11/c24-5-1-2-10(31)21(36)29-14-16(33)13(28)19(39-22-9(26)4-3-8(6-25)37-22)18(35)20(14)40-23-17(34)12(27)15(32)11(7-30)38-23/h8-20,22-23,30-35H,1-7,24-28H2,(H,29,36)/t8?,9?,10-,11?,12-,13-,14+,15-,16?,17?,18?,19?,20+,22-,23-/m0/s1. The molecule has 0 aromatic rings. The minimum absolute atomic E-state index is 0.0333. The highest BCUT2D eigenvalue weighted by atomic mass is 16.7. The molecule has 0 spiro atoms. The predicted octanol–water partition coefficient (Wildman–Crippen LogP) is -7.04. The highest BCUT2D eigenvalue weighted by Crippen LogP contribution is 2.31. The van der Waals surface area contributed by atoms with Crippen LogP contribution in [0.4, 0.5) is 0 Å². The lowest BCUT2D eigenvalue weighted by atomic mass is 9.81. The summed E-state index contributed by atoms with van der Waals surface area (Å²) in [6, 6.07) is -4.64. The van der Waals surface area contributed by atoms with Gasteiger partial charge in [0, 0.05) is 6.54 Å². The van der Waals surface area contributed by atoms with Gasteiger partial charge in [-0.2, -0.15) is 0 Å². The minimum atomic E-state index is -1.68. The van der Waals surface area contributed by atoms with E-state index in [-0.39, 0.29) is 25.6 Å². The third kappa shape index (κ3) is 7.44. The molecule has 17 nitrogen and oxygen atoms in total. The van der Waals surface area contributed by atoms with Crippen LogP contribution < -0.4 is 34.0 Å². The highest BCUT2D eigenvalue weighted by Gasteiger charge is 2.54. The lowest BCUT2D eigenvalue weighted by Gasteiger charge is -2.50. The van der Waals surface area contributed by atoms with Crippen LogP contribution in [0, 0.1) is 0 Å². The number of nitrogens with one attached hydrogen (secondary N) is 1. The van der Waals surface area contributed by atoms with Gasteiger partial charge in [0.25, 0.3) is 0 Å². The largest absolute Gasteiger partial charge is 0.394 e. The van der Waals surface area contributed by atoms with Crippen LogP contribution in [-0.2, 0) is 23.7 Å². The average molecular weight is 583 g/mol. The Balaban J connectivity index is 1.87. The molecule has 7 unspecified atom stereocenters. The molecule has 1 amide bonds. The van der Waals surface area contributed by atoms with E-state index in [1.165, 1.54) is 0 Å². The molecule has 3 rings (SSSR count). The molecule has 2 heterocycles. The SMILES string of the molecule is NCCC[C@H](O)C(=O)N[C@@H]1C(O)[C@H](N)C(O[C@@H]2OC(CN)CCC2N)C(O)[C@@H]1O[C@@H]1OC(CO)[C@H](O)[C@H](N)C1O. The van der Waals surface area contributed by atoms with Crippen molar-refractivity contribution in [2.24, 2.45) is 28.7 Å². The maximum atomic E-state index is 12.7. The molecular formula is C23H46N6O11. The van der Waals surface area contributed by atoms with Gasteiger partial charge >= 0.3 is 0 Å². The van der Waals surface area contributed by atoms with Crippen LogP contribution in [0.15, 0.2) is 0 Å². The summed E-state index contributed by atoms with van der Waals surface area (Å²) in [5.74, 6) is -0.890. The van der Waals surface area contributed by atoms with E-state index >= 15 is 0 Å². The second-order valence-electron chi connectivity index (χ2n) is 10.6. The topological polar surface area (TPSA) is 317 Å². The van der Waals surface area contributed by atoms with Crippen LogP contribution in [0.1, 0.15) is 25.7 Å². The van der Waals surface area contributed by atoms with Gasteiger partial charge in [-0.1, -0.05) is 0 Å². The zero-order chi connectivity index (χ0) is 29.7. The van der Waals surface area contributed by atoms with Crippen molar-refractivity contribution in [1.82, 2.24) is 5.32 Å². The second-order valence-corrected chi connectivity index (χ2v) is 10.6. The summed E-state index contributed by atoms with van der Waals surface area (Å²) >= 11 is 0. The Labute approximate surface area is 231 Å². The lowest BCUT2D eigenvalue weighted by Crippen LogP contribution is -2.74. The molecule has 15 atom stereocenters. The predicted molar refractivity (Wildman–Crippen MR) is 137 cm³/mol. The number of rotatable bonds is 11. The van der Waals surface area contributed by atoms with E-state index in [1.54, 1.807) is 0 Å². The van der Waals surface area contributed by atoms with Crippen LogP contribution >= 0.6 is 0 Å². The zero-order valence-corrected chi connectivity index (χ0v) is 22.2. The van der Waals surface area contributed by atoms with Crippen molar-refractivity contribution in [3.05, 3.63) is 0 Å². The second kappa shape index (κ2) is 14.9. The highest BCUT2D eigenvalue weighted by molar-refractivity contribution is 5.80. The van der Waals surface area contributed by atoms with Gasteiger partial charge in [0.05, 0.1) is 43.0 Å². The van der Waals surface area contributed by atoms with E-state index < -0.39 is 98.1 Å². The molecule has 0 radical (unpaired) electrons. The van der Waals surface area contributed by atoms with Crippen molar-refractivity contribution >= 4 is 5.91 Å². The number of hydrogen-bond donors (Lipinski definition) is 12. The molecule has 1 saturated carbocycles. The summed E-state index contributed by atoms with van der Waals surface area (Å²) in [6.45, 7) is -0.230. The molecular weight excluding hydrogens is 536 g/mol. The normalized spacial score (nSPS) is 45.2. The summed E-state index contributed by atoms with van der Waals surface area (Å²) in [4.78, 5) is 12.7. The number of amides is 1. The fraction of sp³-hybridized carbons (Fsp3) is 0.957. The van der Waals surface area contributed by atoms with Gasteiger partial charge in [-0.05, 0) is 32.2 Å². The summed E-state index contributed by atoms with van der Waals surface area (Å²) in [5.41, 5.74) is 29.5. The molecule has 234 valence electrons. The first-order valence-electron chi connectivity index (χ1n) is 13.5. The molecule has 0 bridgehead atoms. The van der Waals surface area contributed by atoms with E-state index in [9.17, 15) is 35.4 Å². The van der Waals surface area contributed by atoms with Crippen molar-refractivity contribution < 1.29 is 54.4 Å². The van der Waals surface area contributed by atoms with E-state index in [4.69, 9.17) is 47.6 Å². The number of carbonyl (C=O) groups is 1. The first-order chi connectivity index (χ1) is 18.9. The van der Waals surface area contributed by atoms with Gasteiger partial charge in [0.15, 0.2) is 12.6 Å². The number of hydrogen-bond acceptors (Lipinski definition) is 16. The Kier molecular flexibility index (Phi) is 12.4. The molecule has 2 aliphatic heterocycles. The average Bonchev–Trinajstić information content (AvgIpc) is 2.95. The fourth-order valence-corrected chi connectivity index (χ4v) is 5.18. The van der Waals surface area contributed by atoms with Crippen LogP contribution in [0.5, 0.6) is 0 Å². The summed E-state index contributed by atoms with van der Waals surface area (Å²) < 4.78 is 23.1. The van der Waals surface area contributed by atoms with Crippen molar-refractivity contribution in [3.63, 3.8) is 0 Å². The molecule has 3 aliphatic rings. The number of carbonyl (C=O) groups excluding carboxylic acids is 1. The Morgan fingerprint density at radius 1 is 0.900 bits per heavy atom. The van der Waals surface area contributed by atoms with E-state index in [0.717, 1.165) is 0 Å². The lowest BCUT2D eigenvalue weighted by molar-refractivity contribution is -0.319. The van der Waals surface area contributed by atoms with Gasteiger partial charge in [0.2, 0.25) is 5.91 Å². The Hall–Kier alpha value is -1.13. The van der Waals surface area contributed by atoms with Crippen LogP contribution in [-0.4, -0.2) is 148 Å². The molecule has 0 aromatic carbocycles. The summed E-state index contributed by atoms with van der Waals surface area (Å²) in [6.07, 6.45) is -13.5.